The van der Waals surface area contributed by atoms with E-state index in [1.165, 1.54) is 0 Å². The van der Waals surface area contributed by atoms with Crippen molar-refractivity contribution in [1.29, 1.82) is 5.26 Å². The van der Waals surface area contributed by atoms with Crippen molar-refractivity contribution in [1.82, 2.24) is 9.97 Å². The van der Waals surface area contributed by atoms with Crippen LogP contribution in [0.2, 0.25) is 0 Å². The first kappa shape index (κ1) is 22.1. The molecule has 2 aliphatic rings. The monoisotopic (exact) mass is 453 g/mol. The summed E-state index contributed by atoms with van der Waals surface area (Å²) in [5.41, 5.74) is 3.08. The summed E-state index contributed by atoms with van der Waals surface area (Å²) in [5, 5.41) is 9.94. The predicted octanol–water partition coefficient (Wildman–Crippen LogP) is 4.76. The number of Topliss-reactive ketones (excluding diaryl/α,β-unsaturated/α-hetero) is 1. The summed E-state index contributed by atoms with van der Waals surface area (Å²) in [6, 6.07) is 20.1. The van der Waals surface area contributed by atoms with Gasteiger partial charge in [0, 0.05) is 16.9 Å². The second kappa shape index (κ2) is 8.57. The zero-order chi connectivity index (χ0) is 23.9. The number of para-hydroxylation sites is 1. The Labute approximate surface area is 199 Å². The van der Waals surface area contributed by atoms with E-state index < -0.39 is 11.3 Å². The summed E-state index contributed by atoms with van der Waals surface area (Å²) in [7, 11) is 3.25. The van der Waals surface area contributed by atoms with Crippen LogP contribution in [-0.2, 0) is 16.6 Å². The van der Waals surface area contributed by atoms with Gasteiger partial charge in [0.2, 0.25) is 5.88 Å². The Kier molecular flexibility index (Phi) is 5.57. The molecule has 1 unspecified atom stereocenters. The molecule has 3 aromatic rings. The molecular weight excluding hydrogens is 426 g/mol. The van der Waals surface area contributed by atoms with Gasteiger partial charge in [-0.15, -0.1) is 0 Å². The Bertz CT molecular complexity index is 1280. The Morgan fingerprint density at radius 2 is 1.76 bits per heavy atom. The molecule has 172 valence electrons. The molecule has 0 saturated heterocycles. The molecule has 6 nitrogen and oxygen atoms in total. The van der Waals surface area contributed by atoms with Crippen molar-refractivity contribution in [3.8, 4) is 29.1 Å². The molecule has 2 aromatic carbocycles. The van der Waals surface area contributed by atoms with Crippen LogP contribution in [0.1, 0.15) is 36.6 Å². The van der Waals surface area contributed by atoms with Crippen molar-refractivity contribution in [2.45, 2.75) is 31.6 Å². The minimum Gasteiger partial charge on any atom is -0.496 e. The first-order valence-corrected chi connectivity index (χ1v) is 11.6. The third-order valence-electron chi connectivity index (χ3n) is 7.64. The summed E-state index contributed by atoms with van der Waals surface area (Å²) >= 11 is 0. The average Bonchev–Trinajstić information content (AvgIpc) is 2.90. The molecule has 0 N–H and O–H groups in total. The molecular formula is C28H27N3O3. The Hall–Kier alpha value is -3.72. The maximum atomic E-state index is 13.1. The lowest BCUT2D eigenvalue weighted by atomic mass is 9.51. The van der Waals surface area contributed by atoms with E-state index in [2.05, 4.69) is 18.2 Å². The van der Waals surface area contributed by atoms with Crippen molar-refractivity contribution >= 4 is 5.78 Å². The van der Waals surface area contributed by atoms with E-state index in [4.69, 9.17) is 19.4 Å². The number of ketones is 1. The van der Waals surface area contributed by atoms with Crippen LogP contribution in [0.25, 0.3) is 11.4 Å². The van der Waals surface area contributed by atoms with Crippen molar-refractivity contribution in [3.63, 3.8) is 0 Å². The normalized spacial score (nSPS) is 25.6. The van der Waals surface area contributed by atoms with Crippen LogP contribution in [0.5, 0.6) is 11.6 Å². The second-order valence-electron chi connectivity index (χ2n) is 9.14. The van der Waals surface area contributed by atoms with E-state index in [0.29, 0.717) is 23.9 Å². The van der Waals surface area contributed by atoms with E-state index in [-0.39, 0.29) is 17.6 Å². The van der Waals surface area contributed by atoms with Crippen LogP contribution in [0.4, 0.5) is 0 Å². The first-order valence-electron chi connectivity index (χ1n) is 11.6. The molecule has 2 aliphatic carbocycles. The highest BCUT2D eigenvalue weighted by Gasteiger charge is 2.56. The van der Waals surface area contributed by atoms with Crippen molar-refractivity contribution in [2.75, 3.05) is 14.2 Å². The molecule has 1 saturated carbocycles. The average molecular weight is 454 g/mol. The van der Waals surface area contributed by atoms with E-state index in [9.17, 15) is 10.1 Å². The lowest BCUT2D eigenvalue weighted by Gasteiger charge is -2.51. The van der Waals surface area contributed by atoms with Crippen molar-refractivity contribution in [3.05, 3.63) is 71.4 Å². The Balaban J connectivity index is 1.83. The van der Waals surface area contributed by atoms with Crippen molar-refractivity contribution in [2.24, 2.45) is 17.8 Å². The summed E-state index contributed by atoms with van der Waals surface area (Å²) in [6.07, 6.45) is 1.93. The number of rotatable bonds is 4. The molecule has 1 fully saturated rings. The van der Waals surface area contributed by atoms with Crippen LogP contribution in [0.3, 0.4) is 0 Å². The summed E-state index contributed by atoms with van der Waals surface area (Å²) < 4.78 is 11.4. The number of hydrogen-bond acceptors (Lipinski definition) is 6. The zero-order valence-electron chi connectivity index (χ0n) is 19.6. The third-order valence-corrected chi connectivity index (χ3v) is 7.64. The molecule has 0 bridgehead atoms. The largest absolute Gasteiger partial charge is 0.496 e. The van der Waals surface area contributed by atoms with Crippen LogP contribution in [-0.4, -0.2) is 30.0 Å². The van der Waals surface area contributed by atoms with E-state index >= 15 is 0 Å². The number of ether oxygens (including phenoxy) is 2. The molecule has 1 aromatic heterocycles. The van der Waals surface area contributed by atoms with Gasteiger partial charge in [-0.3, -0.25) is 4.79 Å². The number of aromatic nitrogens is 2. The SMILES string of the molecule is COc1ccccc1-c1nc(OC)c2c(n1)[C@]1(c3ccccc3)CC(C#N)C(=O)[C@@H](C)[C@@H]1CC2. The third kappa shape index (κ3) is 3.19. The van der Waals surface area contributed by atoms with Crippen LogP contribution >= 0.6 is 0 Å². The molecule has 34 heavy (non-hydrogen) atoms. The lowest BCUT2D eigenvalue weighted by Crippen LogP contribution is -2.53. The number of carbonyl (C=O) groups excluding carboxylic acids is 1. The quantitative estimate of drug-likeness (QED) is 0.566. The fourth-order valence-electron chi connectivity index (χ4n) is 6.07. The maximum absolute atomic E-state index is 13.1. The maximum Gasteiger partial charge on any atom is 0.220 e. The summed E-state index contributed by atoms with van der Waals surface area (Å²) in [4.78, 5) is 23.0. The smallest absolute Gasteiger partial charge is 0.220 e. The van der Waals surface area contributed by atoms with Gasteiger partial charge < -0.3 is 9.47 Å². The van der Waals surface area contributed by atoms with E-state index in [1.54, 1.807) is 14.2 Å². The number of fused-ring (bicyclic) bond motifs is 3. The fraction of sp³-hybridized carbons (Fsp3) is 0.357. The second-order valence-corrected chi connectivity index (χ2v) is 9.14. The zero-order valence-corrected chi connectivity index (χ0v) is 19.6. The van der Waals surface area contributed by atoms with Gasteiger partial charge in [-0.05, 0) is 42.9 Å². The van der Waals surface area contributed by atoms with Gasteiger partial charge >= 0.3 is 0 Å². The molecule has 0 amide bonds. The number of nitriles is 1. The Morgan fingerprint density at radius 3 is 2.47 bits per heavy atom. The predicted molar refractivity (Wildman–Crippen MR) is 127 cm³/mol. The van der Waals surface area contributed by atoms with Crippen molar-refractivity contribution < 1.29 is 14.3 Å². The number of methoxy groups -OCH3 is 2. The molecule has 4 atom stereocenters. The fourth-order valence-corrected chi connectivity index (χ4v) is 6.07. The highest BCUT2D eigenvalue weighted by atomic mass is 16.5. The highest BCUT2D eigenvalue weighted by molar-refractivity contribution is 5.87. The van der Waals surface area contributed by atoms with Gasteiger partial charge in [0.1, 0.15) is 11.7 Å². The number of benzene rings is 2. The molecule has 0 aliphatic heterocycles. The molecule has 5 rings (SSSR count). The molecule has 6 heteroatoms. The summed E-state index contributed by atoms with van der Waals surface area (Å²) in [6.45, 7) is 1.97. The van der Waals surface area contributed by atoms with Crippen LogP contribution < -0.4 is 9.47 Å². The summed E-state index contributed by atoms with van der Waals surface area (Å²) in [5.74, 6) is 0.862. The number of carbonyl (C=O) groups is 1. The van der Waals surface area contributed by atoms with Crippen LogP contribution in [0.15, 0.2) is 54.6 Å². The lowest BCUT2D eigenvalue weighted by molar-refractivity contribution is -0.131. The van der Waals surface area contributed by atoms with E-state index in [0.717, 1.165) is 35.2 Å². The van der Waals surface area contributed by atoms with Crippen LogP contribution in [0, 0.1) is 29.1 Å². The van der Waals surface area contributed by atoms with Gasteiger partial charge in [-0.1, -0.05) is 49.4 Å². The molecule has 0 radical (unpaired) electrons. The van der Waals surface area contributed by atoms with Gasteiger partial charge in [-0.25, -0.2) is 4.98 Å². The molecule has 1 heterocycles. The van der Waals surface area contributed by atoms with Gasteiger partial charge in [0.15, 0.2) is 11.6 Å². The topological polar surface area (TPSA) is 85.1 Å². The van der Waals surface area contributed by atoms with E-state index in [1.807, 2.05) is 49.4 Å². The molecule has 0 spiro atoms. The highest BCUT2D eigenvalue weighted by Crippen LogP contribution is 2.57. The Morgan fingerprint density at radius 1 is 1.03 bits per heavy atom. The van der Waals surface area contributed by atoms with Gasteiger partial charge in [0.25, 0.3) is 0 Å². The standard InChI is InChI=1S/C28H27N3O3/c1-17-22-14-13-21-25(28(22,15-18(16-29)24(17)32)19-9-5-4-6-10-19)30-26(31-27(21)34-3)20-11-7-8-12-23(20)33-2/h4-12,17-18,22H,13-15H2,1-3H3/t17-,18?,22-,28-/m0/s1. The number of hydrogen-bond donors (Lipinski definition) is 0. The van der Waals surface area contributed by atoms with Gasteiger partial charge in [-0.2, -0.15) is 10.2 Å². The number of nitrogens with zero attached hydrogens (tertiary/aromatic N) is 3. The first-order chi connectivity index (χ1) is 16.5. The van der Waals surface area contributed by atoms with Gasteiger partial charge in [0.05, 0.1) is 31.5 Å². The minimum atomic E-state index is -0.687. The minimum absolute atomic E-state index is 0.0321.